The van der Waals surface area contributed by atoms with Gasteiger partial charge in [0, 0.05) is 16.7 Å². The Morgan fingerprint density at radius 3 is 2.59 bits per heavy atom. The van der Waals surface area contributed by atoms with Crippen LogP contribution in [0.1, 0.15) is 24.6 Å². The number of halogens is 1. The molecule has 0 saturated heterocycles. The Balaban J connectivity index is 1.61. The van der Waals surface area contributed by atoms with Gasteiger partial charge >= 0.3 is 0 Å². The van der Waals surface area contributed by atoms with Crippen LogP contribution in [-0.4, -0.2) is 34.8 Å². The Labute approximate surface area is 137 Å². The fraction of sp³-hybridized carbons (Fsp3) is 0.385. The molecule has 0 radical (unpaired) electrons. The quantitative estimate of drug-likeness (QED) is 0.628. The average Bonchev–Trinajstić information content (AvgIpc) is 3.25. The summed E-state index contributed by atoms with van der Waals surface area (Å²) in [5.41, 5.74) is 0. The van der Waals surface area contributed by atoms with E-state index in [4.69, 9.17) is 17.4 Å². The first-order valence-corrected chi connectivity index (χ1v) is 9.80. The molecule has 1 saturated carbocycles. The lowest BCUT2D eigenvalue weighted by molar-refractivity contribution is 0.597. The summed E-state index contributed by atoms with van der Waals surface area (Å²) in [6, 6.07) is 6.16. The van der Waals surface area contributed by atoms with Gasteiger partial charge in [-0.25, -0.2) is 13.1 Å². The Bertz CT molecular complexity index is 770. The van der Waals surface area contributed by atoms with Gasteiger partial charge in [-0.2, -0.15) is 0 Å². The zero-order valence-electron chi connectivity index (χ0n) is 11.6. The number of rotatable bonds is 6. The second-order valence-corrected chi connectivity index (χ2v) is 8.71. The van der Waals surface area contributed by atoms with Crippen LogP contribution in [0.15, 0.2) is 34.3 Å². The van der Waals surface area contributed by atoms with E-state index in [2.05, 4.69) is 10.2 Å². The number of sulfone groups is 1. The van der Waals surface area contributed by atoms with Crippen LogP contribution in [0.25, 0.3) is 0 Å². The molecule has 0 atom stereocenters. The van der Waals surface area contributed by atoms with Crippen molar-refractivity contribution in [2.75, 3.05) is 17.3 Å². The van der Waals surface area contributed by atoms with E-state index in [1.54, 1.807) is 12.1 Å². The number of hydrogen-bond donors (Lipinski definition) is 1. The molecule has 1 aromatic carbocycles. The van der Waals surface area contributed by atoms with Crippen molar-refractivity contribution in [3.63, 3.8) is 0 Å². The highest BCUT2D eigenvalue weighted by molar-refractivity contribution is 8.00. The standard InChI is InChI=1S/C13H15ClN4O2S2/c14-10-3-5-11(6-4-10)22(19,20)8-7-21-13-17-16-12(18(13)15)9-1-2-9/h3-6,9H,1-2,7-8,15H2. The summed E-state index contributed by atoms with van der Waals surface area (Å²) in [5.74, 6) is 7.49. The molecule has 118 valence electrons. The maximum atomic E-state index is 12.2. The summed E-state index contributed by atoms with van der Waals surface area (Å²) in [6.07, 6.45) is 2.18. The van der Waals surface area contributed by atoms with Crippen molar-refractivity contribution >= 4 is 33.2 Å². The second-order valence-electron chi connectivity index (χ2n) is 5.11. The molecule has 22 heavy (non-hydrogen) atoms. The number of aromatic nitrogens is 3. The Morgan fingerprint density at radius 2 is 1.95 bits per heavy atom. The number of nitrogens with zero attached hydrogens (tertiary/aromatic N) is 3. The van der Waals surface area contributed by atoms with Crippen LogP contribution in [0.3, 0.4) is 0 Å². The molecule has 9 heteroatoms. The molecule has 1 fully saturated rings. The SMILES string of the molecule is Nn1c(SCCS(=O)(=O)c2ccc(Cl)cc2)nnc1C1CC1. The van der Waals surface area contributed by atoms with Gasteiger partial charge in [0.2, 0.25) is 5.16 Å². The van der Waals surface area contributed by atoms with Gasteiger partial charge in [0.1, 0.15) is 0 Å². The fourth-order valence-electron chi connectivity index (χ4n) is 2.01. The van der Waals surface area contributed by atoms with Crippen molar-refractivity contribution in [3.05, 3.63) is 35.1 Å². The summed E-state index contributed by atoms with van der Waals surface area (Å²) in [6.45, 7) is 0. The van der Waals surface area contributed by atoms with Crippen molar-refractivity contribution in [1.82, 2.24) is 14.9 Å². The van der Waals surface area contributed by atoms with Crippen LogP contribution >= 0.6 is 23.4 Å². The van der Waals surface area contributed by atoms with Crippen molar-refractivity contribution in [3.8, 4) is 0 Å². The van der Waals surface area contributed by atoms with E-state index in [-0.39, 0.29) is 10.6 Å². The van der Waals surface area contributed by atoms with Crippen LogP contribution in [0.2, 0.25) is 5.02 Å². The van der Waals surface area contributed by atoms with Gasteiger partial charge in [-0.1, -0.05) is 23.4 Å². The van der Waals surface area contributed by atoms with Gasteiger partial charge < -0.3 is 5.84 Å². The zero-order chi connectivity index (χ0) is 15.7. The van der Waals surface area contributed by atoms with Crippen LogP contribution in [0.4, 0.5) is 0 Å². The van der Waals surface area contributed by atoms with Crippen molar-refractivity contribution in [1.29, 1.82) is 0 Å². The third kappa shape index (κ3) is 3.39. The number of benzene rings is 1. The van der Waals surface area contributed by atoms with E-state index in [1.165, 1.54) is 28.6 Å². The van der Waals surface area contributed by atoms with Crippen LogP contribution in [0, 0.1) is 0 Å². The Kier molecular flexibility index (Phi) is 4.33. The molecule has 2 N–H and O–H groups in total. The van der Waals surface area contributed by atoms with Gasteiger partial charge in [0.25, 0.3) is 0 Å². The molecule has 2 aromatic rings. The molecule has 0 unspecified atom stereocenters. The summed E-state index contributed by atoms with van der Waals surface area (Å²) < 4.78 is 25.9. The predicted molar refractivity (Wildman–Crippen MR) is 86.4 cm³/mol. The lowest BCUT2D eigenvalue weighted by Crippen LogP contribution is -2.14. The van der Waals surface area contributed by atoms with Crippen LogP contribution < -0.4 is 5.84 Å². The van der Waals surface area contributed by atoms with Crippen molar-refractivity contribution in [2.24, 2.45) is 0 Å². The van der Waals surface area contributed by atoms with Crippen LogP contribution in [-0.2, 0) is 9.84 Å². The van der Waals surface area contributed by atoms with E-state index in [1.807, 2.05) is 0 Å². The maximum Gasteiger partial charge on any atom is 0.209 e. The second kappa shape index (κ2) is 6.10. The van der Waals surface area contributed by atoms with Gasteiger partial charge in [-0.3, -0.25) is 0 Å². The van der Waals surface area contributed by atoms with Crippen molar-refractivity contribution < 1.29 is 8.42 Å². The molecule has 1 aliphatic rings. The molecule has 3 rings (SSSR count). The lowest BCUT2D eigenvalue weighted by atomic mass is 10.4. The molecular weight excluding hydrogens is 344 g/mol. The molecule has 0 aliphatic heterocycles. The van der Waals surface area contributed by atoms with E-state index >= 15 is 0 Å². The fourth-order valence-corrected chi connectivity index (χ4v) is 4.65. The summed E-state index contributed by atoms with van der Waals surface area (Å²) in [4.78, 5) is 0.269. The van der Waals surface area contributed by atoms with E-state index in [0.717, 1.165) is 18.7 Å². The third-order valence-corrected chi connectivity index (χ3v) is 6.58. The zero-order valence-corrected chi connectivity index (χ0v) is 14.0. The normalized spacial score (nSPS) is 15.1. The molecule has 0 amide bonds. The van der Waals surface area contributed by atoms with Gasteiger partial charge in [-0.15, -0.1) is 10.2 Å². The third-order valence-electron chi connectivity index (χ3n) is 3.39. The van der Waals surface area contributed by atoms with Gasteiger partial charge in [0.05, 0.1) is 10.6 Å². The molecule has 6 nitrogen and oxygen atoms in total. The number of hydrogen-bond acceptors (Lipinski definition) is 6. The van der Waals surface area contributed by atoms with E-state index in [0.29, 0.717) is 21.8 Å². The van der Waals surface area contributed by atoms with Crippen molar-refractivity contribution in [2.45, 2.75) is 28.8 Å². The number of nitrogen functional groups attached to an aromatic ring is 1. The maximum absolute atomic E-state index is 12.2. The topological polar surface area (TPSA) is 90.9 Å². The first-order valence-electron chi connectivity index (χ1n) is 6.79. The van der Waals surface area contributed by atoms with Gasteiger partial charge in [0.15, 0.2) is 15.7 Å². The summed E-state index contributed by atoms with van der Waals surface area (Å²) in [7, 11) is -3.33. The molecule has 0 spiro atoms. The molecule has 1 aliphatic carbocycles. The molecule has 1 heterocycles. The first kappa shape index (κ1) is 15.6. The summed E-state index contributed by atoms with van der Waals surface area (Å²) in [5, 5.41) is 9.14. The lowest BCUT2D eigenvalue weighted by Gasteiger charge is -2.05. The minimum atomic E-state index is -3.33. The minimum Gasteiger partial charge on any atom is -0.336 e. The van der Waals surface area contributed by atoms with Crippen LogP contribution in [0.5, 0.6) is 0 Å². The van der Waals surface area contributed by atoms with Gasteiger partial charge in [-0.05, 0) is 37.1 Å². The molecule has 0 bridgehead atoms. The largest absolute Gasteiger partial charge is 0.336 e. The predicted octanol–water partition coefficient (Wildman–Crippen LogP) is 2.09. The molecular formula is C13H15ClN4O2S2. The minimum absolute atomic E-state index is 0.00488. The highest BCUT2D eigenvalue weighted by Gasteiger charge is 2.30. The smallest absolute Gasteiger partial charge is 0.209 e. The highest BCUT2D eigenvalue weighted by Crippen LogP contribution is 2.39. The number of thioether (sulfide) groups is 1. The summed E-state index contributed by atoms with van der Waals surface area (Å²) >= 11 is 7.06. The highest BCUT2D eigenvalue weighted by atomic mass is 35.5. The Hall–Kier alpha value is -1.25. The number of nitrogens with two attached hydrogens (primary N) is 1. The average molecular weight is 359 g/mol. The first-order chi connectivity index (χ1) is 10.5. The Morgan fingerprint density at radius 1 is 1.27 bits per heavy atom. The van der Waals surface area contributed by atoms with E-state index in [9.17, 15) is 8.42 Å². The monoisotopic (exact) mass is 358 g/mol. The van der Waals surface area contributed by atoms with E-state index < -0.39 is 9.84 Å². The molecule has 1 aromatic heterocycles.